The van der Waals surface area contributed by atoms with E-state index < -0.39 is 0 Å². The van der Waals surface area contributed by atoms with Crippen LogP contribution in [-0.4, -0.2) is 24.2 Å². The molecule has 14 heavy (non-hydrogen) atoms. The lowest BCUT2D eigenvalue weighted by molar-refractivity contribution is 0.0377. The Morgan fingerprint density at radius 3 is 2.57 bits per heavy atom. The van der Waals surface area contributed by atoms with Crippen molar-refractivity contribution in [2.45, 2.75) is 20.0 Å². The van der Waals surface area contributed by atoms with Crippen LogP contribution in [0.3, 0.4) is 0 Å². The lowest BCUT2D eigenvalue weighted by Crippen LogP contribution is -2.11. The molecule has 1 aromatic rings. The Bertz CT molecular complexity index is 306. The fourth-order valence-electron chi connectivity index (χ4n) is 0.904. The number of rotatable bonds is 3. The van der Waals surface area contributed by atoms with Gasteiger partial charge in [0.25, 0.3) is 0 Å². The average molecular weight is 195 g/mol. The Morgan fingerprint density at radius 2 is 2.14 bits per heavy atom. The van der Waals surface area contributed by atoms with E-state index in [0.717, 1.165) is 0 Å². The maximum atomic E-state index is 11.4. The van der Waals surface area contributed by atoms with Crippen LogP contribution in [0, 0.1) is 0 Å². The molecule has 0 fully saturated rings. The van der Waals surface area contributed by atoms with Crippen molar-refractivity contribution in [1.29, 1.82) is 0 Å². The number of carbonyl (C=O) groups is 1. The zero-order chi connectivity index (χ0) is 10.6. The van der Waals surface area contributed by atoms with E-state index in [1.54, 1.807) is 26.0 Å². The van der Waals surface area contributed by atoms with Gasteiger partial charge in [0.15, 0.2) is 0 Å². The van der Waals surface area contributed by atoms with Crippen LogP contribution < -0.4 is 4.74 Å². The Morgan fingerprint density at radius 1 is 1.43 bits per heavy atom. The largest absolute Gasteiger partial charge is 0.481 e. The first-order valence-corrected chi connectivity index (χ1v) is 4.34. The van der Waals surface area contributed by atoms with Gasteiger partial charge in [-0.25, -0.2) is 9.78 Å². The highest BCUT2D eigenvalue weighted by atomic mass is 16.5. The highest BCUT2D eigenvalue weighted by Gasteiger charge is 2.09. The third kappa shape index (κ3) is 2.73. The van der Waals surface area contributed by atoms with Gasteiger partial charge in [0.05, 0.1) is 18.8 Å². The van der Waals surface area contributed by atoms with Crippen LogP contribution in [0.4, 0.5) is 0 Å². The summed E-state index contributed by atoms with van der Waals surface area (Å²) in [6, 6.07) is 3.24. The summed E-state index contributed by atoms with van der Waals surface area (Å²) in [6.45, 7) is 3.60. The van der Waals surface area contributed by atoms with Gasteiger partial charge in [-0.1, -0.05) is 0 Å². The molecule has 1 heterocycles. The standard InChI is InChI=1S/C10H13NO3/c1-7(2)14-10(12)8-4-5-9(13-3)11-6-8/h4-7H,1-3H3. The van der Waals surface area contributed by atoms with Crippen LogP contribution in [0.15, 0.2) is 18.3 Å². The van der Waals surface area contributed by atoms with E-state index in [0.29, 0.717) is 11.4 Å². The molecule has 0 N–H and O–H groups in total. The number of pyridine rings is 1. The van der Waals surface area contributed by atoms with E-state index in [2.05, 4.69) is 4.98 Å². The summed E-state index contributed by atoms with van der Waals surface area (Å²) < 4.78 is 9.86. The van der Waals surface area contributed by atoms with Crippen LogP contribution in [0.1, 0.15) is 24.2 Å². The molecular formula is C10H13NO3. The average Bonchev–Trinajstić information content (AvgIpc) is 2.17. The molecule has 0 aliphatic heterocycles. The van der Waals surface area contributed by atoms with Crippen LogP contribution >= 0.6 is 0 Å². The Kier molecular flexibility index (Phi) is 3.45. The maximum Gasteiger partial charge on any atom is 0.339 e. The molecule has 0 aliphatic rings. The fourth-order valence-corrected chi connectivity index (χ4v) is 0.904. The molecule has 0 atom stereocenters. The zero-order valence-corrected chi connectivity index (χ0v) is 8.48. The SMILES string of the molecule is COc1ccc(C(=O)OC(C)C)cn1. The smallest absolute Gasteiger partial charge is 0.339 e. The molecule has 0 aliphatic carbocycles. The number of nitrogens with zero attached hydrogens (tertiary/aromatic N) is 1. The quantitative estimate of drug-likeness (QED) is 0.688. The van der Waals surface area contributed by atoms with Crippen molar-refractivity contribution in [3.63, 3.8) is 0 Å². The highest BCUT2D eigenvalue weighted by molar-refractivity contribution is 5.89. The van der Waals surface area contributed by atoms with E-state index in [9.17, 15) is 4.79 Å². The summed E-state index contributed by atoms with van der Waals surface area (Å²) in [5.41, 5.74) is 0.430. The third-order valence-corrected chi connectivity index (χ3v) is 1.52. The summed E-state index contributed by atoms with van der Waals surface area (Å²) in [7, 11) is 1.52. The predicted molar refractivity (Wildman–Crippen MR) is 51.3 cm³/mol. The van der Waals surface area contributed by atoms with Gasteiger partial charge in [0.1, 0.15) is 0 Å². The van der Waals surface area contributed by atoms with Crippen molar-refractivity contribution < 1.29 is 14.3 Å². The Hall–Kier alpha value is -1.58. The van der Waals surface area contributed by atoms with Gasteiger partial charge in [0.2, 0.25) is 5.88 Å². The van der Waals surface area contributed by atoms with Crippen LogP contribution in [0.2, 0.25) is 0 Å². The number of carbonyl (C=O) groups excluding carboxylic acids is 1. The van der Waals surface area contributed by atoms with Crippen LogP contribution in [0.5, 0.6) is 5.88 Å². The predicted octanol–water partition coefficient (Wildman–Crippen LogP) is 1.66. The number of ether oxygens (including phenoxy) is 2. The van der Waals surface area contributed by atoms with Crippen molar-refractivity contribution >= 4 is 5.97 Å². The summed E-state index contributed by atoms with van der Waals surface area (Å²) in [4.78, 5) is 15.3. The second-order valence-corrected chi connectivity index (χ2v) is 3.04. The van der Waals surface area contributed by atoms with Gasteiger partial charge in [-0.3, -0.25) is 0 Å². The zero-order valence-electron chi connectivity index (χ0n) is 8.48. The molecular weight excluding hydrogens is 182 g/mol. The first-order valence-electron chi connectivity index (χ1n) is 4.34. The third-order valence-electron chi connectivity index (χ3n) is 1.52. The molecule has 4 heteroatoms. The first kappa shape index (κ1) is 10.5. The number of hydrogen-bond donors (Lipinski definition) is 0. The molecule has 0 unspecified atom stereocenters. The van der Waals surface area contributed by atoms with E-state index >= 15 is 0 Å². The Balaban J connectivity index is 2.71. The fraction of sp³-hybridized carbons (Fsp3) is 0.400. The number of hydrogen-bond acceptors (Lipinski definition) is 4. The molecule has 0 saturated carbocycles. The molecule has 0 radical (unpaired) electrons. The minimum atomic E-state index is -0.366. The monoisotopic (exact) mass is 195 g/mol. The molecule has 0 bridgehead atoms. The molecule has 0 spiro atoms. The summed E-state index contributed by atoms with van der Waals surface area (Å²) >= 11 is 0. The molecule has 0 aromatic carbocycles. The van der Waals surface area contributed by atoms with Crippen LogP contribution in [-0.2, 0) is 4.74 Å². The van der Waals surface area contributed by atoms with Crippen molar-refractivity contribution in [1.82, 2.24) is 4.98 Å². The minimum Gasteiger partial charge on any atom is -0.481 e. The van der Waals surface area contributed by atoms with E-state index in [4.69, 9.17) is 9.47 Å². The van der Waals surface area contributed by atoms with Crippen LogP contribution in [0.25, 0.3) is 0 Å². The van der Waals surface area contributed by atoms with Gasteiger partial charge >= 0.3 is 5.97 Å². The van der Waals surface area contributed by atoms with Gasteiger partial charge in [-0.2, -0.15) is 0 Å². The van der Waals surface area contributed by atoms with Gasteiger partial charge in [0, 0.05) is 12.3 Å². The summed E-state index contributed by atoms with van der Waals surface area (Å²) in [5.74, 6) is 0.112. The molecule has 0 amide bonds. The van der Waals surface area contributed by atoms with Crippen molar-refractivity contribution in [2.24, 2.45) is 0 Å². The highest BCUT2D eigenvalue weighted by Crippen LogP contribution is 2.08. The van der Waals surface area contributed by atoms with E-state index in [1.165, 1.54) is 13.3 Å². The Labute approximate surface area is 82.9 Å². The maximum absolute atomic E-state index is 11.4. The normalized spacial score (nSPS) is 10.0. The lowest BCUT2D eigenvalue weighted by Gasteiger charge is -2.07. The molecule has 0 saturated heterocycles. The summed E-state index contributed by atoms with van der Waals surface area (Å²) in [6.07, 6.45) is 1.31. The van der Waals surface area contributed by atoms with Crippen molar-refractivity contribution in [2.75, 3.05) is 7.11 Å². The molecule has 1 rings (SSSR count). The molecule has 1 aromatic heterocycles. The second kappa shape index (κ2) is 4.60. The second-order valence-electron chi connectivity index (χ2n) is 3.04. The first-order chi connectivity index (χ1) is 6.63. The lowest BCUT2D eigenvalue weighted by atomic mass is 10.3. The minimum absolute atomic E-state index is 0.121. The van der Waals surface area contributed by atoms with Crippen molar-refractivity contribution in [3.05, 3.63) is 23.9 Å². The molecule has 76 valence electrons. The van der Waals surface area contributed by atoms with E-state index in [1.807, 2.05) is 0 Å². The number of aromatic nitrogens is 1. The number of esters is 1. The van der Waals surface area contributed by atoms with Crippen molar-refractivity contribution in [3.8, 4) is 5.88 Å². The summed E-state index contributed by atoms with van der Waals surface area (Å²) in [5, 5.41) is 0. The van der Waals surface area contributed by atoms with Gasteiger partial charge in [-0.05, 0) is 19.9 Å². The van der Waals surface area contributed by atoms with Gasteiger partial charge < -0.3 is 9.47 Å². The van der Waals surface area contributed by atoms with E-state index in [-0.39, 0.29) is 12.1 Å². The topological polar surface area (TPSA) is 48.4 Å². The molecule has 4 nitrogen and oxygen atoms in total. The van der Waals surface area contributed by atoms with Gasteiger partial charge in [-0.15, -0.1) is 0 Å². The number of methoxy groups -OCH3 is 1.